The Morgan fingerprint density at radius 1 is 1.17 bits per heavy atom. The van der Waals surface area contributed by atoms with Crippen LogP contribution in [0.25, 0.3) is 0 Å². The number of anilines is 2. The molecule has 0 aliphatic carbocycles. The van der Waals surface area contributed by atoms with Gasteiger partial charge in [0.2, 0.25) is 0 Å². The van der Waals surface area contributed by atoms with E-state index >= 15 is 0 Å². The number of nitrogens with two attached hydrogens (primary N) is 2. The molecule has 0 unspecified atom stereocenters. The van der Waals surface area contributed by atoms with E-state index in [2.05, 4.69) is 11.8 Å². The number of benzene rings is 1. The Bertz CT molecular complexity index is 333. The molecule has 0 saturated carbocycles. The van der Waals surface area contributed by atoms with Gasteiger partial charge in [0.25, 0.3) is 0 Å². The van der Waals surface area contributed by atoms with Gasteiger partial charge in [-0.05, 0) is 31.5 Å². The number of nitrogen functional groups attached to an aromatic ring is 2. The minimum Gasteiger partial charge on any atom is -0.398 e. The minimum atomic E-state index is 0.702. The van der Waals surface area contributed by atoms with Crippen molar-refractivity contribution in [1.29, 1.82) is 0 Å². The number of hydrogen-bond donors (Lipinski definition) is 2. The summed E-state index contributed by atoms with van der Waals surface area (Å²) in [5.74, 6) is 5.70. The molecule has 0 fully saturated rings. The fraction of sp³-hybridized carbons (Fsp3) is 0.200. The van der Waals surface area contributed by atoms with Crippen molar-refractivity contribution >= 4 is 11.4 Å². The van der Waals surface area contributed by atoms with Crippen LogP contribution in [0.4, 0.5) is 11.4 Å². The molecule has 1 aromatic carbocycles. The van der Waals surface area contributed by atoms with Gasteiger partial charge in [0, 0.05) is 16.9 Å². The van der Waals surface area contributed by atoms with Crippen LogP contribution in [0, 0.1) is 18.8 Å². The van der Waals surface area contributed by atoms with Gasteiger partial charge < -0.3 is 11.5 Å². The van der Waals surface area contributed by atoms with Crippen LogP contribution >= 0.6 is 0 Å². The van der Waals surface area contributed by atoms with E-state index < -0.39 is 0 Å². The number of rotatable bonds is 0. The van der Waals surface area contributed by atoms with Crippen LogP contribution in [0.5, 0.6) is 0 Å². The largest absolute Gasteiger partial charge is 0.398 e. The van der Waals surface area contributed by atoms with Gasteiger partial charge in [-0.25, -0.2) is 0 Å². The van der Waals surface area contributed by atoms with Gasteiger partial charge in [-0.1, -0.05) is 5.92 Å². The highest BCUT2D eigenvalue weighted by molar-refractivity contribution is 5.65. The van der Waals surface area contributed by atoms with E-state index in [1.54, 1.807) is 6.92 Å². The summed E-state index contributed by atoms with van der Waals surface area (Å²) < 4.78 is 0. The first-order valence-electron chi connectivity index (χ1n) is 3.73. The summed E-state index contributed by atoms with van der Waals surface area (Å²) in [7, 11) is 0. The van der Waals surface area contributed by atoms with Crippen LogP contribution in [0.3, 0.4) is 0 Å². The average Bonchev–Trinajstić information content (AvgIpc) is 2.01. The average molecular weight is 160 g/mol. The lowest BCUT2D eigenvalue weighted by atomic mass is 10.1. The lowest BCUT2D eigenvalue weighted by Crippen LogP contribution is -1.96. The van der Waals surface area contributed by atoms with Crippen molar-refractivity contribution in [3.63, 3.8) is 0 Å². The standard InChI is InChI=1S/C10H12N2/c1-3-4-8-5-9(11)7(2)10(12)6-8/h5-6H,11-12H2,1-2H3. The Morgan fingerprint density at radius 3 is 2.08 bits per heavy atom. The van der Waals surface area contributed by atoms with E-state index in [1.165, 1.54) is 0 Å². The molecule has 0 atom stereocenters. The first kappa shape index (κ1) is 8.48. The van der Waals surface area contributed by atoms with Gasteiger partial charge in [-0.15, -0.1) is 5.92 Å². The first-order valence-corrected chi connectivity index (χ1v) is 3.73. The molecule has 0 aromatic heterocycles. The molecule has 0 bridgehead atoms. The molecule has 0 spiro atoms. The van der Waals surface area contributed by atoms with Crippen molar-refractivity contribution < 1.29 is 0 Å². The lowest BCUT2D eigenvalue weighted by Gasteiger charge is -2.04. The van der Waals surface area contributed by atoms with E-state index in [0.29, 0.717) is 11.4 Å². The minimum absolute atomic E-state index is 0.702. The van der Waals surface area contributed by atoms with Crippen LogP contribution in [0.2, 0.25) is 0 Å². The smallest absolute Gasteiger partial charge is 0.0376 e. The molecule has 0 aliphatic heterocycles. The van der Waals surface area contributed by atoms with Gasteiger partial charge in [0.15, 0.2) is 0 Å². The zero-order valence-electron chi connectivity index (χ0n) is 7.31. The second-order valence-corrected chi connectivity index (χ2v) is 2.65. The summed E-state index contributed by atoms with van der Waals surface area (Å²) in [6.07, 6.45) is 0. The van der Waals surface area contributed by atoms with E-state index in [0.717, 1.165) is 11.1 Å². The van der Waals surface area contributed by atoms with Crippen molar-refractivity contribution in [2.75, 3.05) is 11.5 Å². The van der Waals surface area contributed by atoms with E-state index in [1.807, 2.05) is 19.1 Å². The normalized spacial score (nSPS) is 8.83. The Labute approximate surface area is 72.6 Å². The van der Waals surface area contributed by atoms with Gasteiger partial charge >= 0.3 is 0 Å². The SMILES string of the molecule is CC#Cc1cc(N)c(C)c(N)c1. The fourth-order valence-corrected chi connectivity index (χ4v) is 0.976. The Morgan fingerprint density at radius 2 is 1.67 bits per heavy atom. The molecule has 0 heterocycles. The third-order valence-corrected chi connectivity index (χ3v) is 1.76. The molecule has 0 saturated heterocycles. The molecule has 62 valence electrons. The molecule has 1 rings (SSSR count). The maximum atomic E-state index is 5.70. The highest BCUT2D eigenvalue weighted by Crippen LogP contribution is 2.19. The van der Waals surface area contributed by atoms with Crippen molar-refractivity contribution in [1.82, 2.24) is 0 Å². The third kappa shape index (κ3) is 1.51. The molecule has 4 N–H and O–H groups in total. The maximum absolute atomic E-state index is 5.70. The topological polar surface area (TPSA) is 52.0 Å². The summed E-state index contributed by atoms with van der Waals surface area (Å²) in [5, 5.41) is 0. The Balaban J connectivity index is 3.27. The lowest BCUT2D eigenvalue weighted by molar-refractivity contribution is 1.46. The number of hydrogen-bond acceptors (Lipinski definition) is 2. The van der Waals surface area contributed by atoms with Crippen LogP contribution in [0.1, 0.15) is 18.1 Å². The van der Waals surface area contributed by atoms with Crippen molar-refractivity contribution in [2.24, 2.45) is 0 Å². The Kier molecular flexibility index (Phi) is 2.25. The summed E-state index contributed by atoms with van der Waals surface area (Å²) >= 11 is 0. The van der Waals surface area contributed by atoms with Crippen LogP contribution in [0.15, 0.2) is 12.1 Å². The summed E-state index contributed by atoms with van der Waals surface area (Å²) in [6.45, 7) is 3.68. The van der Waals surface area contributed by atoms with Crippen LogP contribution in [-0.2, 0) is 0 Å². The van der Waals surface area contributed by atoms with E-state index in [4.69, 9.17) is 11.5 Å². The highest BCUT2D eigenvalue weighted by Gasteiger charge is 1.99. The Hall–Kier alpha value is -1.62. The summed E-state index contributed by atoms with van der Waals surface area (Å²) in [5.41, 5.74) is 14.6. The third-order valence-electron chi connectivity index (χ3n) is 1.76. The van der Waals surface area contributed by atoms with Crippen molar-refractivity contribution in [3.05, 3.63) is 23.3 Å². The zero-order valence-corrected chi connectivity index (χ0v) is 7.31. The second kappa shape index (κ2) is 3.19. The van der Waals surface area contributed by atoms with Crippen molar-refractivity contribution in [2.45, 2.75) is 13.8 Å². The highest BCUT2D eigenvalue weighted by atomic mass is 14.6. The summed E-state index contributed by atoms with van der Waals surface area (Å²) in [4.78, 5) is 0. The molecule has 1 aromatic rings. The molecule has 0 radical (unpaired) electrons. The van der Waals surface area contributed by atoms with Gasteiger partial charge in [-0.3, -0.25) is 0 Å². The quantitative estimate of drug-likeness (QED) is 0.446. The molecular formula is C10H12N2. The molecule has 12 heavy (non-hydrogen) atoms. The fourth-order valence-electron chi connectivity index (χ4n) is 0.976. The van der Waals surface area contributed by atoms with Gasteiger partial charge in [0.1, 0.15) is 0 Å². The maximum Gasteiger partial charge on any atom is 0.0376 e. The van der Waals surface area contributed by atoms with Crippen LogP contribution < -0.4 is 11.5 Å². The van der Waals surface area contributed by atoms with Gasteiger partial charge in [-0.2, -0.15) is 0 Å². The molecular weight excluding hydrogens is 148 g/mol. The van der Waals surface area contributed by atoms with E-state index in [9.17, 15) is 0 Å². The molecule has 2 nitrogen and oxygen atoms in total. The monoisotopic (exact) mass is 160 g/mol. The zero-order chi connectivity index (χ0) is 9.14. The second-order valence-electron chi connectivity index (χ2n) is 2.65. The molecule has 0 aliphatic rings. The predicted molar refractivity (Wildman–Crippen MR) is 52.6 cm³/mol. The van der Waals surface area contributed by atoms with Gasteiger partial charge in [0.05, 0.1) is 0 Å². The van der Waals surface area contributed by atoms with E-state index in [-0.39, 0.29) is 0 Å². The van der Waals surface area contributed by atoms with Crippen LogP contribution in [-0.4, -0.2) is 0 Å². The molecule has 0 amide bonds. The predicted octanol–water partition coefficient (Wildman–Crippen LogP) is 1.53. The van der Waals surface area contributed by atoms with Crippen molar-refractivity contribution in [3.8, 4) is 11.8 Å². The first-order chi connectivity index (χ1) is 5.65. The summed E-state index contributed by atoms with van der Waals surface area (Å²) in [6, 6.07) is 3.67. The molecule has 2 heteroatoms.